The summed E-state index contributed by atoms with van der Waals surface area (Å²) in [5, 5.41) is 18.9. The minimum absolute atomic E-state index is 0.0415. The van der Waals surface area contributed by atoms with Crippen LogP contribution in [0.1, 0.15) is 81.1 Å². The van der Waals surface area contributed by atoms with Crippen molar-refractivity contribution in [1.82, 2.24) is 20.9 Å². The molecular formula is C26H47N5O5. The van der Waals surface area contributed by atoms with Crippen LogP contribution in [0.3, 0.4) is 0 Å². The van der Waals surface area contributed by atoms with Crippen LogP contribution in [0.25, 0.3) is 0 Å². The Kier molecular flexibility index (Phi) is 9.42. The fourth-order valence-corrected chi connectivity index (χ4v) is 4.94. The van der Waals surface area contributed by atoms with E-state index in [9.17, 15) is 24.3 Å². The number of aliphatic hydroxyl groups is 1. The Morgan fingerprint density at radius 2 is 1.61 bits per heavy atom. The Morgan fingerprint density at radius 1 is 1.03 bits per heavy atom. The smallest absolute Gasteiger partial charge is 0.315 e. The lowest BCUT2D eigenvalue weighted by atomic mass is 9.79. The molecule has 1 heterocycles. The number of aliphatic hydroxyl groups excluding tert-OH is 1. The quantitative estimate of drug-likeness (QED) is 0.336. The fourth-order valence-electron chi connectivity index (χ4n) is 4.94. The molecule has 2 unspecified atom stereocenters. The molecule has 0 aromatic rings. The fraction of sp³-hybridized carbons (Fsp3) is 0.846. The largest absolute Gasteiger partial charge is 0.381 e. The molecule has 1 saturated carbocycles. The molecule has 5 amide bonds. The van der Waals surface area contributed by atoms with Gasteiger partial charge in [0.05, 0.1) is 6.04 Å². The second-order valence-corrected chi connectivity index (χ2v) is 12.9. The third-order valence-corrected chi connectivity index (χ3v) is 7.46. The molecule has 1 aliphatic heterocycles. The average Bonchev–Trinajstić information content (AvgIpc) is 2.99. The molecule has 0 radical (unpaired) electrons. The van der Waals surface area contributed by atoms with Gasteiger partial charge in [-0.15, -0.1) is 0 Å². The summed E-state index contributed by atoms with van der Waals surface area (Å²) in [7, 11) is 0. The van der Waals surface area contributed by atoms with Crippen molar-refractivity contribution in [2.24, 2.45) is 28.9 Å². The number of primary amides is 1. The summed E-state index contributed by atoms with van der Waals surface area (Å²) in [5.41, 5.74) is 4.26. The lowest BCUT2D eigenvalue weighted by molar-refractivity contribution is -0.143. The summed E-state index contributed by atoms with van der Waals surface area (Å²) >= 11 is 0. The van der Waals surface area contributed by atoms with Gasteiger partial charge in [-0.05, 0) is 50.4 Å². The average molecular weight is 510 g/mol. The van der Waals surface area contributed by atoms with E-state index >= 15 is 0 Å². The van der Waals surface area contributed by atoms with Crippen molar-refractivity contribution >= 4 is 23.8 Å². The van der Waals surface area contributed by atoms with E-state index in [2.05, 4.69) is 16.0 Å². The van der Waals surface area contributed by atoms with Gasteiger partial charge in [0.15, 0.2) is 6.10 Å². The van der Waals surface area contributed by atoms with Gasteiger partial charge in [-0.2, -0.15) is 0 Å². The van der Waals surface area contributed by atoms with Crippen LogP contribution in [0.2, 0.25) is 0 Å². The van der Waals surface area contributed by atoms with Crippen molar-refractivity contribution < 1.29 is 24.3 Å². The third-order valence-electron chi connectivity index (χ3n) is 7.46. The molecule has 2 fully saturated rings. The van der Waals surface area contributed by atoms with Crippen LogP contribution < -0.4 is 21.7 Å². The molecule has 36 heavy (non-hydrogen) atoms. The highest BCUT2D eigenvalue weighted by molar-refractivity contribution is 5.93. The molecule has 10 nitrogen and oxygen atoms in total. The Labute approximate surface area is 215 Å². The number of hydrogen-bond acceptors (Lipinski definition) is 5. The molecule has 2 aliphatic rings. The minimum atomic E-state index is -1.50. The lowest BCUT2D eigenvalue weighted by Gasteiger charge is -2.37. The van der Waals surface area contributed by atoms with Crippen LogP contribution in [0, 0.1) is 23.2 Å². The molecule has 0 bridgehead atoms. The molecule has 1 aliphatic carbocycles. The topological polar surface area (TPSA) is 154 Å². The Balaban J connectivity index is 2.27. The Morgan fingerprint density at radius 3 is 2.06 bits per heavy atom. The first-order valence-corrected chi connectivity index (χ1v) is 13.1. The zero-order valence-electron chi connectivity index (χ0n) is 23.2. The SMILES string of the molecule is C[C@@H]1[C@@H](C(=O)NC(CC2CCC2)C(O)C(N)=O)N(C(=O)[C@@H](NC(=O)NC(C)(C)C)C(C)(C)C)C[C@@H]1C. The van der Waals surface area contributed by atoms with Crippen LogP contribution in [0.15, 0.2) is 0 Å². The van der Waals surface area contributed by atoms with E-state index in [0.29, 0.717) is 18.9 Å². The zero-order chi connectivity index (χ0) is 27.6. The van der Waals surface area contributed by atoms with Crippen LogP contribution in [-0.4, -0.2) is 70.1 Å². The summed E-state index contributed by atoms with van der Waals surface area (Å²) in [5.74, 6) is -1.45. The van der Waals surface area contributed by atoms with Gasteiger partial charge in [-0.1, -0.05) is 53.9 Å². The van der Waals surface area contributed by atoms with Crippen molar-refractivity contribution in [1.29, 1.82) is 0 Å². The van der Waals surface area contributed by atoms with Gasteiger partial charge in [0, 0.05) is 12.1 Å². The van der Waals surface area contributed by atoms with Crippen LogP contribution in [0.4, 0.5) is 4.79 Å². The molecular weight excluding hydrogens is 462 g/mol. The van der Waals surface area contributed by atoms with Gasteiger partial charge >= 0.3 is 6.03 Å². The number of nitrogens with one attached hydrogen (secondary N) is 3. The van der Waals surface area contributed by atoms with Gasteiger partial charge in [0.2, 0.25) is 17.7 Å². The normalized spacial score (nSPS) is 25.4. The summed E-state index contributed by atoms with van der Waals surface area (Å²) in [6.45, 7) is 15.4. The molecule has 206 valence electrons. The number of carbonyl (C=O) groups is 4. The van der Waals surface area contributed by atoms with Crippen molar-refractivity contribution in [2.75, 3.05) is 6.54 Å². The zero-order valence-corrected chi connectivity index (χ0v) is 23.2. The van der Waals surface area contributed by atoms with Crippen molar-refractivity contribution in [3.63, 3.8) is 0 Å². The first kappa shape index (κ1) is 29.9. The number of likely N-dealkylation sites (tertiary alicyclic amines) is 1. The van der Waals surface area contributed by atoms with Crippen molar-refractivity contribution in [3.8, 4) is 0 Å². The highest BCUT2D eigenvalue weighted by Gasteiger charge is 2.48. The van der Waals surface area contributed by atoms with E-state index in [4.69, 9.17) is 5.73 Å². The summed E-state index contributed by atoms with van der Waals surface area (Å²) in [6, 6.07) is -2.93. The Bertz CT molecular complexity index is 830. The van der Waals surface area contributed by atoms with E-state index in [1.54, 1.807) is 0 Å². The Hall–Kier alpha value is -2.36. The third kappa shape index (κ3) is 7.57. The van der Waals surface area contributed by atoms with Crippen LogP contribution in [-0.2, 0) is 14.4 Å². The molecule has 6 N–H and O–H groups in total. The molecule has 0 aromatic carbocycles. The number of nitrogens with zero attached hydrogens (tertiary/aromatic N) is 1. The van der Waals surface area contributed by atoms with E-state index in [-0.39, 0.29) is 17.7 Å². The molecule has 0 spiro atoms. The summed E-state index contributed by atoms with van der Waals surface area (Å²) < 4.78 is 0. The van der Waals surface area contributed by atoms with E-state index in [0.717, 1.165) is 19.3 Å². The number of amides is 5. The minimum Gasteiger partial charge on any atom is -0.381 e. The number of carbonyl (C=O) groups excluding carboxylic acids is 4. The summed E-state index contributed by atoms with van der Waals surface area (Å²) in [6.07, 6.45) is 2.00. The van der Waals surface area contributed by atoms with Gasteiger partial charge in [-0.3, -0.25) is 14.4 Å². The highest BCUT2D eigenvalue weighted by atomic mass is 16.3. The number of hydrogen-bond donors (Lipinski definition) is 5. The molecule has 1 saturated heterocycles. The maximum absolute atomic E-state index is 13.8. The lowest BCUT2D eigenvalue weighted by Crippen LogP contribution is -2.61. The molecule has 2 rings (SSSR count). The van der Waals surface area contributed by atoms with E-state index in [1.165, 1.54) is 4.90 Å². The highest BCUT2D eigenvalue weighted by Crippen LogP contribution is 2.34. The van der Waals surface area contributed by atoms with Gasteiger partial charge in [-0.25, -0.2) is 4.79 Å². The number of urea groups is 1. The second kappa shape index (κ2) is 11.4. The monoisotopic (exact) mass is 509 g/mol. The molecule has 10 heteroatoms. The number of rotatable bonds is 8. The summed E-state index contributed by atoms with van der Waals surface area (Å²) in [4.78, 5) is 53.3. The van der Waals surface area contributed by atoms with Crippen molar-refractivity contribution in [2.45, 2.75) is 111 Å². The molecule has 6 atom stereocenters. The van der Waals surface area contributed by atoms with Crippen LogP contribution >= 0.6 is 0 Å². The van der Waals surface area contributed by atoms with Gasteiger partial charge < -0.3 is 31.7 Å². The first-order valence-electron chi connectivity index (χ1n) is 13.1. The maximum Gasteiger partial charge on any atom is 0.315 e. The van der Waals surface area contributed by atoms with E-state index < -0.39 is 53.0 Å². The standard InChI is InChI=1S/C26H47N5O5/c1-14-13-31(23(35)20(25(3,4)5)29-24(36)30-26(6,7)8)18(15(14)2)22(34)28-17(19(32)21(27)33)12-16-10-9-11-16/h14-20,32H,9-13H2,1-8H3,(H2,27,33)(H,28,34)(H2,29,30,36)/t14-,15-,17?,18-,19?,20+/m0/s1. The van der Waals surface area contributed by atoms with E-state index in [1.807, 2.05) is 55.4 Å². The first-order chi connectivity index (χ1) is 16.4. The number of nitrogens with two attached hydrogens (primary N) is 1. The van der Waals surface area contributed by atoms with Crippen molar-refractivity contribution in [3.05, 3.63) is 0 Å². The predicted molar refractivity (Wildman–Crippen MR) is 138 cm³/mol. The van der Waals surface area contributed by atoms with Crippen LogP contribution in [0.5, 0.6) is 0 Å². The second-order valence-electron chi connectivity index (χ2n) is 12.9. The maximum atomic E-state index is 13.8. The molecule has 0 aromatic heterocycles. The van der Waals surface area contributed by atoms with Gasteiger partial charge in [0.25, 0.3) is 0 Å². The predicted octanol–water partition coefficient (Wildman–Crippen LogP) is 1.50. The van der Waals surface area contributed by atoms with Gasteiger partial charge in [0.1, 0.15) is 12.1 Å².